The quantitative estimate of drug-likeness (QED) is 0.911. The molecule has 0 aliphatic carbocycles. The highest BCUT2D eigenvalue weighted by Gasteiger charge is 2.12. The molecule has 1 aliphatic rings. The minimum Gasteiger partial charge on any atom is -0.490 e. The van der Waals surface area contributed by atoms with Gasteiger partial charge in [-0.2, -0.15) is 9.36 Å². The van der Waals surface area contributed by atoms with Crippen LogP contribution in [0.15, 0.2) is 28.3 Å². The van der Waals surface area contributed by atoms with Gasteiger partial charge >= 0.3 is 0 Å². The Bertz CT molecular complexity index is 559. The second-order valence-electron chi connectivity index (χ2n) is 3.68. The van der Waals surface area contributed by atoms with Crippen LogP contribution in [-0.4, -0.2) is 22.6 Å². The van der Waals surface area contributed by atoms with Crippen LogP contribution in [0.4, 0.5) is 5.13 Å². The minimum atomic E-state index is 0.479. The molecule has 1 aliphatic heterocycles. The summed E-state index contributed by atoms with van der Waals surface area (Å²) in [5.74, 6) is 1.57. The highest BCUT2D eigenvalue weighted by Crippen LogP contribution is 2.36. The number of fused-ring (bicyclic) bond motifs is 1. The lowest BCUT2D eigenvalue weighted by molar-refractivity contribution is 0.297. The lowest BCUT2D eigenvalue weighted by atomic mass is 10.3. The third-order valence-corrected chi connectivity index (χ3v) is 3.86. The fourth-order valence-corrected chi connectivity index (χ4v) is 2.89. The molecular formula is C11H11N3O2S2. The predicted octanol–water partition coefficient (Wildman–Crippen LogP) is 2.43. The fourth-order valence-electron chi connectivity index (χ4n) is 1.57. The molecule has 0 saturated heterocycles. The highest BCUT2D eigenvalue weighted by atomic mass is 32.2. The van der Waals surface area contributed by atoms with E-state index in [1.807, 2.05) is 18.2 Å². The van der Waals surface area contributed by atoms with Crippen molar-refractivity contribution in [2.75, 3.05) is 18.9 Å². The van der Waals surface area contributed by atoms with Crippen LogP contribution in [0, 0.1) is 0 Å². The zero-order valence-electron chi connectivity index (χ0n) is 9.46. The van der Waals surface area contributed by atoms with Crippen molar-refractivity contribution in [3.05, 3.63) is 18.2 Å². The summed E-state index contributed by atoms with van der Waals surface area (Å²) in [4.78, 5) is 5.12. The summed E-state index contributed by atoms with van der Waals surface area (Å²) in [6, 6.07) is 5.83. The van der Waals surface area contributed by atoms with Crippen molar-refractivity contribution in [3.8, 4) is 11.5 Å². The first-order valence-electron chi connectivity index (χ1n) is 5.48. The third kappa shape index (κ3) is 2.51. The van der Waals surface area contributed by atoms with Crippen molar-refractivity contribution in [1.82, 2.24) is 9.36 Å². The van der Waals surface area contributed by atoms with E-state index in [1.165, 1.54) is 23.3 Å². The molecule has 0 saturated carbocycles. The van der Waals surface area contributed by atoms with E-state index in [4.69, 9.17) is 15.2 Å². The Morgan fingerprint density at radius 3 is 2.83 bits per heavy atom. The van der Waals surface area contributed by atoms with Gasteiger partial charge in [-0.1, -0.05) is 0 Å². The van der Waals surface area contributed by atoms with Crippen LogP contribution in [0.25, 0.3) is 0 Å². The largest absolute Gasteiger partial charge is 0.490 e. The first kappa shape index (κ1) is 11.6. The number of nitrogens with zero attached hydrogens (tertiary/aromatic N) is 2. The Balaban J connectivity index is 1.83. The van der Waals surface area contributed by atoms with Gasteiger partial charge in [-0.15, -0.1) is 0 Å². The van der Waals surface area contributed by atoms with Crippen molar-refractivity contribution < 1.29 is 9.47 Å². The van der Waals surface area contributed by atoms with E-state index < -0.39 is 0 Å². The molecule has 0 unspecified atom stereocenters. The van der Waals surface area contributed by atoms with Crippen LogP contribution in [0.5, 0.6) is 11.5 Å². The number of hydrogen-bond acceptors (Lipinski definition) is 7. The van der Waals surface area contributed by atoms with E-state index in [-0.39, 0.29) is 0 Å². The average molecular weight is 281 g/mol. The van der Waals surface area contributed by atoms with E-state index >= 15 is 0 Å². The Labute approximate surface area is 112 Å². The van der Waals surface area contributed by atoms with Gasteiger partial charge in [0, 0.05) is 22.8 Å². The average Bonchev–Trinajstić information content (AvgIpc) is 2.64. The molecule has 3 rings (SSSR count). The summed E-state index contributed by atoms with van der Waals surface area (Å²) in [5, 5.41) is 1.14. The molecule has 7 heteroatoms. The van der Waals surface area contributed by atoms with E-state index in [2.05, 4.69) is 9.36 Å². The second-order valence-corrected chi connectivity index (χ2v) is 5.50. The van der Waals surface area contributed by atoms with Crippen LogP contribution in [-0.2, 0) is 0 Å². The van der Waals surface area contributed by atoms with E-state index in [1.54, 1.807) is 0 Å². The number of ether oxygens (including phenoxy) is 2. The molecular weight excluding hydrogens is 270 g/mol. The van der Waals surface area contributed by atoms with Crippen LogP contribution < -0.4 is 15.2 Å². The second kappa shape index (κ2) is 5.03. The molecule has 0 radical (unpaired) electrons. The van der Waals surface area contributed by atoms with Gasteiger partial charge in [0.05, 0.1) is 13.2 Å². The van der Waals surface area contributed by atoms with Crippen LogP contribution >= 0.6 is 23.3 Å². The van der Waals surface area contributed by atoms with E-state index in [9.17, 15) is 0 Å². The maximum atomic E-state index is 5.63. The number of nitrogen functional groups attached to an aromatic ring is 1. The molecule has 1 aromatic heterocycles. The zero-order valence-corrected chi connectivity index (χ0v) is 11.1. The SMILES string of the molecule is Nc1nc(Sc2ccc3c(c2)OCCCO3)ns1. The predicted molar refractivity (Wildman–Crippen MR) is 70.5 cm³/mol. The van der Waals surface area contributed by atoms with Gasteiger partial charge in [-0.05, 0) is 30.0 Å². The van der Waals surface area contributed by atoms with Crippen molar-refractivity contribution in [2.45, 2.75) is 16.5 Å². The molecule has 0 atom stereocenters. The number of hydrogen-bond donors (Lipinski definition) is 1. The summed E-state index contributed by atoms with van der Waals surface area (Å²) < 4.78 is 15.3. The summed E-state index contributed by atoms with van der Waals surface area (Å²) in [5.41, 5.74) is 5.55. The molecule has 2 heterocycles. The molecule has 0 spiro atoms. The molecule has 2 N–H and O–H groups in total. The molecule has 2 aromatic rings. The van der Waals surface area contributed by atoms with Gasteiger partial charge in [-0.25, -0.2) is 0 Å². The monoisotopic (exact) mass is 281 g/mol. The van der Waals surface area contributed by atoms with Crippen molar-refractivity contribution in [3.63, 3.8) is 0 Å². The van der Waals surface area contributed by atoms with Crippen molar-refractivity contribution in [2.24, 2.45) is 0 Å². The van der Waals surface area contributed by atoms with Gasteiger partial charge in [0.15, 0.2) is 11.5 Å². The Morgan fingerprint density at radius 2 is 2.06 bits per heavy atom. The van der Waals surface area contributed by atoms with E-state index in [0.29, 0.717) is 23.5 Å². The van der Waals surface area contributed by atoms with Crippen LogP contribution in [0.2, 0.25) is 0 Å². The summed E-state index contributed by atoms with van der Waals surface area (Å²) in [7, 11) is 0. The lowest BCUT2D eigenvalue weighted by Gasteiger charge is -2.07. The number of aromatic nitrogens is 2. The standard InChI is InChI=1S/C11H11N3O2S2/c12-10-13-11(14-18-10)17-7-2-3-8-9(6-7)16-5-1-4-15-8/h2-3,6H,1,4-5H2,(H2,12,13,14). The molecule has 0 fully saturated rings. The topological polar surface area (TPSA) is 70.3 Å². The lowest BCUT2D eigenvalue weighted by Crippen LogP contribution is -1.97. The maximum Gasteiger partial charge on any atom is 0.206 e. The first-order valence-corrected chi connectivity index (χ1v) is 7.07. The normalized spacial score (nSPS) is 14.2. The van der Waals surface area contributed by atoms with Gasteiger partial charge in [0.2, 0.25) is 10.3 Å². The third-order valence-electron chi connectivity index (χ3n) is 2.35. The van der Waals surface area contributed by atoms with E-state index in [0.717, 1.165) is 22.8 Å². The van der Waals surface area contributed by atoms with Gasteiger partial charge in [0.1, 0.15) is 0 Å². The molecule has 18 heavy (non-hydrogen) atoms. The number of benzene rings is 1. The van der Waals surface area contributed by atoms with Gasteiger partial charge in [0.25, 0.3) is 0 Å². The summed E-state index contributed by atoms with van der Waals surface area (Å²) in [6.07, 6.45) is 0.904. The number of nitrogens with two attached hydrogens (primary N) is 1. The number of rotatable bonds is 2. The molecule has 1 aromatic carbocycles. The Hall–Kier alpha value is -1.47. The fraction of sp³-hybridized carbons (Fsp3) is 0.273. The summed E-state index contributed by atoms with van der Waals surface area (Å²) >= 11 is 2.66. The first-order chi connectivity index (χ1) is 8.81. The molecule has 0 amide bonds. The van der Waals surface area contributed by atoms with Crippen molar-refractivity contribution >= 4 is 28.4 Å². The summed E-state index contributed by atoms with van der Waals surface area (Å²) in [6.45, 7) is 1.38. The molecule has 0 bridgehead atoms. The molecule has 5 nitrogen and oxygen atoms in total. The van der Waals surface area contributed by atoms with Crippen molar-refractivity contribution in [1.29, 1.82) is 0 Å². The Morgan fingerprint density at radius 1 is 1.22 bits per heavy atom. The highest BCUT2D eigenvalue weighted by molar-refractivity contribution is 7.99. The zero-order chi connectivity index (χ0) is 12.4. The number of anilines is 1. The minimum absolute atomic E-state index is 0.479. The van der Waals surface area contributed by atoms with Gasteiger partial charge in [-0.3, -0.25) is 0 Å². The smallest absolute Gasteiger partial charge is 0.206 e. The van der Waals surface area contributed by atoms with Gasteiger partial charge < -0.3 is 15.2 Å². The maximum absolute atomic E-state index is 5.63. The van der Waals surface area contributed by atoms with Crippen LogP contribution in [0.3, 0.4) is 0 Å². The van der Waals surface area contributed by atoms with Crippen LogP contribution in [0.1, 0.15) is 6.42 Å². The molecule has 94 valence electrons. The Kier molecular flexibility index (Phi) is 3.24.